The van der Waals surface area contributed by atoms with Gasteiger partial charge in [0.1, 0.15) is 6.61 Å². The summed E-state index contributed by atoms with van der Waals surface area (Å²) in [4.78, 5) is 21.0. The number of carbonyl (C=O) groups is 1. The molecule has 0 spiro atoms. The van der Waals surface area contributed by atoms with Crippen LogP contribution >= 0.6 is 35.0 Å². The molecule has 0 fully saturated rings. The Balaban J connectivity index is 1.68. The van der Waals surface area contributed by atoms with Gasteiger partial charge in [0.05, 0.1) is 0 Å². The van der Waals surface area contributed by atoms with Gasteiger partial charge in [-0.05, 0) is 44.2 Å². The topological polar surface area (TPSA) is 69.4 Å². The van der Waals surface area contributed by atoms with Gasteiger partial charge >= 0.3 is 5.97 Å². The summed E-state index contributed by atoms with van der Waals surface area (Å²) in [5.74, 6) is 0.238. The SMILES string of the molecule is CSc1nc2nc(C)c(CCC(=O)OCc3c(Cl)cccc3Cl)c(C)n2n1. The Hall–Kier alpha value is -1.83. The fraction of sp³-hybridized carbons (Fsp3) is 0.333. The Bertz CT molecular complexity index is 986. The van der Waals surface area contributed by atoms with Crippen LogP contribution in [0.5, 0.6) is 0 Å². The van der Waals surface area contributed by atoms with Crippen molar-refractivity contribution in [2.45, 2.75) is 38.5 Å². The van der Waals surface area contributed by atoms with Gasteiger partial charge in [-0.25, -0.2) is 9.50 Å². The molecule has 6 nitrogen and oxygen atoms in total. The molecule has 0 amide bonds. The Labute approximate surface area is 171 Å². The van der Waals surface area contributed by atoms with E-state index in [2.05, 4.69) is 15.1 Å². The third-order valence-corrected chi connectivity index (χ3v) is 5.48. The average Bonchev–Trinajstić information content (AvgIpc) is 3.04. The largest absolute Gasteiger partial charge is 0.461 e. The number of rotatable bonds is 6. The predicted molar refractivity (Wildman–Crippen MR) is 107 cm³/mol. The van der Waals surface area contributed by atoms with Crippen LogP contribution in [-0.4, -0.2) is 31.8 Å². The number of esters is 1. The Kier molecular flexibility index (Phi) is 6.24. The number of thioether (sulfide) groups is 1. The summed E-state index contributed by atoms with van der Waals surface area (Å²) in [7, 11) is 0. The summed E-state index contributed by atoms with van der Waals surface area (Å²) in [6, 6.07) is 5.17. The van der Waals surface area contributed by atoms with E-state index in [0.717, 1.165) is 17.0 Å². The molecule has 0 N–H and O–H groups in total. The maximum Gasteiger partial charge on any atom is 0.306 e. The second-order valence-corrected chi connectivity index (χ2v) is 7.52. The van der Waals surface area contributed by atoms with Crippen molar-refractivity contribution >= 4 is 46.7 Å². The normalized spacial score (nSPS) is 11.1. The summed E-state index contributed by atoms with van der Waals surface area (Å²) in [5.41, 5.74) is 3.33. The summed E-state index contributed by atoms with van der Waals surface area (Å²) >= 11 is 13.7. The third-order valence-electron chi connectivity index (χ3n) is 4.23. The molecule has 0 bridgehead atoms. The van der Waals surface area contributed by atoms with Crippen LogP contribution in [0.15, 0.2) is 23.4 Å². The zero-order valence-corrected chi connectivity index (χ0v) is 17.5. The van der Waals surface area contributed by atoms with Crippen LogP contribution in [0.1, 0.15) is 28.9 Å². The fourth-order valence-electron chi connectivity index (χ4n) is 2.76. The molecule has 2 heterocycles. The molecule has 0 aliphatic heterocycles. The van der Waals surface area contributed by atoms with Crippen molar-refractivity contribution in [3.05, 3.63) is 50.8 Å². The summed E-state index contributed by atoms with van der Waals surface area (Å²) in [6.45, 7) is 3.90. The highest BCUT2D eigenvalue weighted by atomic mass is 35.5. The molecular formula is C18H18Cl2N4O2S. The van der Waals surface area contributed by atoms with Crippen LogP contribution in [-0.2, 0) is 22.6 Å². The number of aryl methyl sites for hydroxylation is 2. The van der Waals surface area contributed by atoms with Gasteiger partial charge in [0.15, 0.2) is 0 Å². The molecule has 0 aliphatic carbocycles. The number of nitrogens with zero attached hydrogens (tertiary/aromatic N) is 4. The first-order valence-corrected chi connectivity index (χ1v) is 10.2. The van der Waals surface area contributed by atoms with Crippen LogP contribution < -0.4 is 0 Å². The van der Waals surface area contributed by atoms with Crippen molar-refractivity contribution in [2.75, 3.05) is 6.26 Å². The minimum absolute atomic E-state index is 0.0484. The van der Waals surface area contributed by atoms with Gasteiger partial charge in [0.25, 0.3) is 5.78 Å². The highest BCUT2D eigenvalue weighted by Gasteiger charge is 2.15. The standard InChI is InChI=1S/C18H18Cl2N4O2S/c1-10-12(11(2)24-17(21-10)22-18(23-24)27-3)7-8-16(25)26-9-13-14(19)5-4-6-15(13)20/h4-6H,7-9H2,1-3H3. The van der Waals surface area contributed by atoms with Gasteiger partial charge in [-0.1, -0.05) is 41.0 Å². The summed E-state index contributed by atoms with van der Waals surface area (Å²) < 4.78 is 7.05. The molecule has 0 saturated carbocycles. The van der Waals surface area contributed by atoms with E-state index < -0.39 is 0 Å². The van der Waals surface area contributed by atoms with Crippen molar-refractivity contribution in [1.82, 2.24) is 19.6 Å². The van der Waals surface area contributed by atoms with E-state index in [4.69, 9.17) is 27.9 Å². The molecule has 3 aromatic rings. The fourth-order valence-corrected chi connectivity index (χ4v) is 3.60. The lowest BCUT2D eigenvalue weighted by atomic mass is 10.1. The molecule has 0 aliphatic rings. The van der Waals surface area contributed by atoms with Crippen LogP contribution in [0.2, 0.25) is 10.0 Å². The zero-order chi connectivity index (χ0) is 19.6. The van der Waals surface area contributed by atoms with E-state index in [-0.39, 0.29) is 19.0 Å². The Morgan fingerprint density at radius 1 is 1.19 bits per heavy atom. The molecule has 0 unspecified atom stereocenters. The zero-order valence-electron chi connectivity index (χ0n) is 15.1. The molecule has 9 heteroatoms. The molecular weight excluding hydrogens is 407 g/mol. The number of hydrogen-bond acceptors (Lipinski definition) is 6. The first kappa shape index (κ1) is 19.9. The minimum Gasteiger partial charge on any atom is -0.461 e. The van der Waals surface area contributed by atoms with Gasteiger partial charge in [-0.3, -0.25) is 4.79 Å². The number of halogens is 2. The molecule has 27 heavy (non-hydrogen) atoms. The van der Waals surface area contributed by atoms with E-state index in [1.54, 1.807) is 22.7 Å². The van der Waals surface area contributed by atoms with Crippen molar-refractivity contribution < 1.29 is 9.53 Å². The van der Waals surface area contributed by atoms with Crippen molar-refractivity contribution in [1.29, 1.82) is 0 Å². The van der Waals surface area contributed by atoms with E-state index in [1.807, 2.05) is 20.1 Å². The lowest BCUT2D eigenvalue weighted by Crippen LogP contribution is -2.10. The van der Waals surface area contributed by atoms with Crippen LogP contribution in [0.25, 0.3) is 5.78 Å². The number of carbonyl (C=O) groups excluding carboxylic acids is 1. The first-order chi connectivity index (χ1) is 12.9. The molecule has 3 rings (SSSR count). The van der Waals surface area contributed by atoms with Crippen LogP contribution in [0, 0.1) is 13.8 Å². The molecule has 0 saturated heterocycles. The number of hydrogen-bond donors (Lipinski definition) is 0. The van der Waals surface area contributed by atoms with E-state index >= 15 is 0 Å². The molecule has 1 aromatic carbocycles. The van der Waals surface area contributed by atoms with Crippen molar-refractivity contribution in [2.24, 2.45) is 0 Å². The third kappa shape index (κ3) is 4.36. The minimum atomic E-state index is -0.326. The average molecular weight is 425 g/mol. The maximum absolute atomic E-state index is 12.2. The first-order valence-electron chi connectivity index (χ1n) is 8.26. The van der Waals surface area contributed by atoms with Crippen LogP contribution in [0.3, 0.4) is 0 Å². The monoisotopic (exact) mass is 424 g/mol. The molecule has 0 radical (unpaired) electrons. The molecule has 0 atom stereocenters. The lowest BCUT2D eigenvalue weighted by Gasteiger charge is -2.11. The second kappa shape index (κ2) is 8.46. The van der Waals surface area contributed by atoms with Crippen LogP contribution in [0.4, 0.5) is 0 Å². The predicted octanol–water partition coefficient (Wildman–Crippen LogP) is 4.45. The highest BCUT2D eigenvalue weighted by Crippen LogP contribution is 2.25. The van der Waals surface area contributed by atoms with Crippen molar-refractivity contribution in [3.63, 3.8) is 0 Å². The molecule has 142 valence electrons. The quantitative estimate of drug-likeness (QED) is 0.430. The van der Waals surface area contributed by atoms with Gasteiger partial charge in [0.2, 0.25) is 5.16 Å². The van der Waals surface area contributed by atoms with E-state index in [0.29, 0.717) is 33.0 Å². The van der Waals surface area contributed by atoms with Gasteiger partial charge in [-0.15, -0.1) is 5.10 Å². The lowest BCUT2D eigenvalue weighted by molar-refractivity contribution is -0.144. The van der Waals surface area contributed by atoms with Crippen molar-refractivity contribution in [3.8, 4) is 0 Å². The van der Waals surface area contributed by atoms with Gasteiger partial charge in [0, 0.05) is 33.4 Å². The maximum atomic E-state index is 12.2. The van der Waals surface area contributed by atoms with Gasteiger partial charge < -0.3 is 4.74 Å². The summed E-state index contributed by atoms with van der Waals surface area (Å²) in [5, 5.41) is 6.04. The summed E-state index contributed by atoms with van der Waals surface area (Å²) in [6.07, 6.45) is 2.64. The smallest absolute Gasteiger partial charge is 0.306 e. The number of ether oxygens (including phenoxy) is 1. The Morgan fingerprint density at radius 2 is 1.89 bits per heavy atom. The number of fused-ring (bicyclic) bond motifs is 1. The second-order valence-electron chi connectivity index (χ2n) is 5.93. The molecule has 2 aromatic heterocycles. The number of benzene rings is 1. The number of aromatic nitrogens is 4. The Morgan fingerprint density at radius 3 is 2.56 bits per heavy atom. The van der Waals surface area contributed by atoms with E-state index in [9.17, 15) is 4.79 Å². The van der Waals surface area contributed by atoms with E-state index in [1.165, 1.54) is 11.8 Å². The highest BCUT2D eigenvalue weighted by molar-refractivity contribution is 7.98. The van der Waals surface area contributed by atoms with Gasteiger partial charge in [-0.2, -0.15) is 4.98 Å².